The van der Waals surface area contributed by atoms with Crippen molar-refractivity contribution in [3.63, 3.8) is 0 Å². The first-order valence-corrected chi connectivity index (χ1v) is 6.36. The van der Waals surface area contributed by atoms with E-state index < -0.39 is 0 Å². The van der Waals surface area contributed by atoms with Crippen LogP contribution in [0.3, 0.4) is 0 Å². The molecular formula is C13H16N2O2S. The third-order valence-electron chi connectivity index (χ3n) is 2.92. The normalized spacial score (nSPS) is 14.4. The standard InChI is InChI=1S/C13H16N2O2S/c1-17-11-6-4-5-10(9-11)14-12(16)13(18)15-7-2-3-8-15/h4-6,9H,2-3,7-8H2,1H3,(H,14,16). The second kappa shape index (κ2) is 5.82. The minimum atomic E-state index is -0.222. The van der Waals surface area contributed by atoms with E-state index in [-0.39, 0.29) is 5.91 Å². The van der Waals surface area contributed by atoms with E-state index in [9.17, 15) is 4.79 Å². The average Bonchev–Trinajstić information content (AvgIpc) is 2.92. The molecule has 0 aromatic heterocycles. The second-order valence-electron chi connectivity index (χ2n) is 4.19. The number of hydrogen-bond acceptors (Lipinski definition) is 3. The van der Waals surface area contributed by atoms with Gasteiger partial charge in [0, 0.05) is 24.8 Å². The van der Waals surface area contributed by atoms with Crippen LogP contribution in [0.4, 0.5) is 5.69 Å². The molecule has 1 amide bonds. The Kier molecular flexibility index (Phi) is 4.15. The summed E-state index contributed by atoms with van der Waals surface area (Å²) < 4.78 is 5.10. The lowest BCUT2D eigenvalue weighted by molar-refractivity contribution is -0.110. The number of nitrogens with one attached hydrogen (secondary N) is 1. The first-order valence-electron chi connectivity index (χ1n) is 5.95. The number of hydrogen-bond donors (Lipinski definition) is 1. The van der Waals surface area contributed by atoms with Crippen LogP contribution < -0.4 is 10.1 Å². The Balaban J connectivity index is 1.99. The van der Waals surface area contributed by atoms with Gasteiger partial charge in [-0.15, -0.1) is 0 Å². The van der Waals surface area contributed by atoms with Crippen LogP contribution in [0.5, 0.6) is 5.75 Å². The SMILES string of the molecule is COc1cccc(NC(=O)C(=S)N2CCCC2)c1. The van der Waals surface area contributed by atoms with Gasteiger partial charge in [0.15, 0.2) is 4.99 Å². The van der Waals surface area contributed by atoms with Gasteiger partial charge in [-0.1, -0.05) is 18.3 Å². The number of rotatable bonds is 2. The Bertz CT molecular complexity index is 456. The average molecular weight is 264 g/mol. The minimum Gasteiger partial charge on any atom is -0.497 e. The largest absolute Gasteiger partial charge is 0.497 e. The molecule has 1 saturated heterocycles. The van der Waals surface area contributed by atoms with Crippen molar-refractivity contribution in [3.8, 4) is 5.75 Å². The maximum atomic E-state index is 12.0. The van der Waals surface area contributed by atoms with Gasteiger partial charge in [0.05, 0.1) is 7.11 Å². The van der Waals surface area contributed by atoms with Crippen LogP contribution in [0.25, 0.3) is 0 Å². The topological polar surface area (TPSA) is 41.6 Å². The van der Waals surface area contributed by atoms with Gasteiger partial charge in [-0.2, -0.15) is 0 Å². The fourth-order valence-corrected chi connectivity index (χ4v) is 2.18. The highest BCUT2D eigenvalue weighted by atomic mass is 32.1. The summed E-state index contributed by atoms with van der Waals surface area (Å²) in [6.45, 7) is 1.76. The third-order valence-corrected chi connectivity index (χ3v) is 3.36. The van der Waals surface area contributed by atoms with Crippen molar-refractivity contribution in [2.24, 2.45) is 0 Å². The summed E-state index contributed by atoms with van der Waals surface area (Å²) in [6, 6.07) is 7.24. The molecule has 1 fully saturated rings. The number of likely N-dealkylation sites (tertiary alicyclic amines) is 1. The van der Waals surface area contributed by atoms with Crippen LogP contribution in [0, 0.1) is 0 Å². The van der Waals surface area contributed by atoms with E-state index in [0.717, 1.165) is 25.9 Å². The van der Waals surface area contributed by atoms with Crippen LogP contribution in [-0.2, 0) is 4.79 Å². The van der Waals surface area contributed by atoms with Gasteiger partial charge in [-0.05, 0) is 25.0 Å². The Morgan fingerprint density at radius 1 is 1.39 bits per heavy atom. The Morgan fingerprint density at radius 2 is 2.11 bits per heavy atom. The lowest BCUT2D eigenvalue weighted by Gasteiger charge is -2.17. The minimum absolute atomic E-state index is 0.222. The van der Waals surface area contributed by atoms with Gasteiger partial charge in [0.2, 0.25) is 0 Å². The fraction of sp³-hybridized carbons (Fsp3) is 0.385. The maximum Gasteiger partial charge on any atom is 0.283 e. The van der Waals surface area contributed by atoms with Gasteiger partial charge in [0.25, 0.3) is 5.91 Å². The monoisotopic (exact) mass is 264 g/mol. The highest BCUT2D eigenvalue weighted by molar-refractivity contribution is 7.82. The molecule has 2 rings (SSSR count). The van der Waals surface area contributed by atoms with Crippen molar-refractivity contribution in [3.05, 3.63) is 24.3 Å². The highest BCUT2D eigenvalue weighted by Crippen LogP contribution is 2.17. The zero-order valence-corrected chi connectivity index (χ0v) is 11.1. The van der Waals surface area contributed by atoms with Crippen LogP contribution in [-0.4, -0.2) is 36.0 Å². The Hall–Kier alpha value is -1.62. The molecule has 96 valence electrons. The summed E-state index contributed by atoms with van der Waals surface area (Å²) in [5.74, 6) is 0.486. The summed E-state index contributed by atoms with van der Waals surface area (Å²) in [5, 5.41) is 2.79. The summed E-state index contributed by atoms with van der Waals surface area (Å²) >= 11 is 5.18. The predicted molar refractivity (Wildman–Crippen MR) is 75.0 cm³/mol. The van der Waals surface area contributed by atoms with Crippen molar-refractivity contribution in [2.75, 3.05) is 25.5 Å². The molecule has 1 aliphatic rings. The number of thiocarbonyl (C=S) groups is 1. The van der Waals surface area contributed by atoms with Gasteiger partial charge in [0.1, 0.15) is 5.75 Å². The van der Waals surface area contributed by atoms with E-state index in [4.69, 9.17) is 17.0 Å². The Labute approximate surface area is 112 Å². The van der Waals surface area contributed by atoms with Crippen molar-refractivity contribution in [1.82, 2.24) is 4.90 Å². The highest BCUT2D eigenvalue weighted by Gasteiger charge is 2.20. The number of methoxy groups -OCH3 is 1. The van der Waals surface area contributed by atoms with E-state index >= 15 is 0 Å². The molecule has 5 heteroatoms. The number of ether oxygens (including phenoxy) is 1. The molecule has 0 aliphatic carbocycles. The molecule has 0 atom stereocenters. The third kappa shape index (κ3) is 2.98. The zero-order valence-electron chi connectivity index (χ0n) is 10.3. The molecule has 0 bridgehead atoms. The smallest absolute Gasteiger partial charge is 0.283 e. The summed E-state index contributed by atoms with van der Waals surface area (Å²) in [4.78, 5) is 14.3. The number of carbonyl (C=O) groups is 1. The van der Waals surface area contributed by atoms with E-state index in [1.54, 1.807) is 13.2 Å². The number of benzene rings is 1. The van der Waals surface area contributed by atoms with Crippen molar-refractivity contribution >= 4 is 28.8 Å². The van der Waals surface area contributed by atoms with Crippen LogP contribution >= 0.6 is 12.2 Å². The molecule has 1 aromatic carbocycles. The molecule has 1 heterocycles. The molecule has 0 spiro atoms. The van der Waals surface area contributed by atoms with E-state index in [0.29, 0.717) is 16.4 Å². The van der Waals surface area contributed by atoms with Gasteiger partial charge in [-0.3, -0.25) is 4.79 Å². The molecule has 1 aliphatic heterocycles. The quantitative estimate of drug-likeness (QED) is 0.830. The maximum absolute atomic E-state index is 12.0. The van der Waals surface area contributed by atoms with E-state index in [2.05, 4.69) is 5.32 Å². The van der Waals surface area contributed by atoms with Crippen LogP contribution in [0.15, 0.2) is 24.3 Å². The molecule has 4 nitrogen and oxygen atoms in total. The van der Waals surface area contributed by atoms with Crippen molar-refractivity contribution < 1.29 is 9.53 Å². The second-order valence-corrected chi connectivity index (χ2v) is 4.57. The summed E-state index contributed by atoms with van der Waals surface area (Å²) in [5.41, 5.74) is 0.695. The molecule has 1 N–H and O–H groups in total. The lowest BCUT2D eigenvalue weighted by atomic mass is 10.3. The first kappa shape index (κ1) is 12.8. The molecule has 0 saturated carbocycles. The van der Waals surface area contributed by atoms with Crippen LogP contribution in [0.1, 0.15) is 12.8 Å². The number of carbonyl (C=O) groups excluding carboxylic acids is 1. The van der Waals surface area contributed by atoms with Gasteiger partial charge in [-0.25, -0.2) is 0 Å². The van der Waals surface area contributed by atoms with E-state index in [1.807, 2.05) is 23.1 Å². The molecular weight excluding hydrogens is 248 g/mol. The molecule has 1 aromatic rings. The molecule has 18 heavy (non-hydrogen) atoms. The zero-order chi connectivity index (χ0) is 13.0. The number of amides is 1. The van der Waals surface area contributed by atoms with Gasteiger partial charge >= 0.3 is 0 Å². The fourth-order valence-electron chi connectivity index (χ4n) is 1.95. The molecule has 0 radical (unpaired) electrons. The summed E-state index contributed by atoms with van der Waals surface area (Å²) in [6.07, 6.45) is 2.21. The van der Waals surface area contributed by atoms with E-state index in [1.165, 1.54) is 0 Å². The number of anilines is 1. The lowest BCUT2D eigenvalue weighted by Crippen LogP contribution is -2.36. The predicted octanol–water partition coefficient (Wildman–Crippen LogP) is 2.06. The molecule has 0 unspecified atom stereocenters. The first-order chi connectivity index (χ1) is 8.70. The Morgan fingerprint density at radius 3 is 2.78 bits per heavy atom. The summed E-state index contributed by atoms with van der Waals surface area (Å²) in [7, 11) is 1.59. The van der Waals surface area contributed by atoms with Crippen LogP contribution in [0.2, 0.25) is 0 Å². The van der Waals surface area contributed by atoms with Gasteiger partial charge < -0.3 is 15.0 Å². The van der Waals surface area contributed by atoms with Crippen molar-refractivity contribution in [2.45, 2.75) is 12.8 Å². The number of nitrogens with zero attached hydrogens (tertiary/aromatic N) is 1. The van der Waals surface area contributed by atoms with Crippen molar-refractivity contribution in [1.29, 1.82) is 0 Å².